The summed E-state index contributed by atoms with van der Waals surface area (Å²) < 4.78 is 34.5. The third kappa shape index (κ3) is 5.52. The van der Waals surface area contributed by atoms with Crippen LogP contribution in [0, 0.1) is 11.8 Å². The highest BCUT2D eigenvalue weighted by atomic mass is 19.3. The summed E-state index contributed by atoms with van der Waals surface area (Å²) >= 11 is 0. The molecule has 3 aromatic heterocycles. The summed E-state index contributed by atoms with van der Waals surface area (Å²) in [5.41, 5.74) is 0.240. The predicted molar refractivity (Wildman–Crippen MR) is 127 cm³/mol. The molecule has 35 heavy (non-hydrogen) atoms. The number of hydrogen-bond donors (Lipinski definition) is 2. The van der Waals surface area contributed by atoms with Crippen molar-refractivity contribution in [1.29, 1.82) is 0 Å². The van der Waals surface area contributed by atoms with Gasteiger partial charge in [0.1, 0.15) is 12.1 Å². The molecule has 186 valence electrons. The van der Waals surface area contributed by atoms with Crippen LogP contribution in [0.15, 0.2) is 35.2 Å². The van der Waals surface area contributed by atoms with Crippen molar-refractivity contribution in [3.05, 3.63) is 42.2 Å². The molecule has 3 heterocycles. The van der Waals surface area contributed by atoms with E-state index in [0.717, 1.165) is 38.6 Å². The lowest BCUT2D eigenvalue weighted by atomic mass is 9.85. The fourth-order valence-corrected chi connectivity index (χ4v) is 4.60. The molecule has 0 radical (unpaired) electrons. The Bertz CT molecular complexity index is 1160. The van der Waals surface area contributed by atoms with Crippen LogP contribution in [0.5, 0.6) is 0 Å². The van der Waals surface area contributed by atoms with Gasteiger partial charge in [-0.15, -0.1) is 0 Å². The van der Waals surface area contributed by atoms with Crippen LogP contribution >= 0.6 is 0 Å². The average molecular weight is 485 g/mol. The number of anilines is 2. The van der Waals surface area contributed by atoms with E-state index in [1.54, 1.807) is 16.9 Å². The minimum Gasteiger partial charge on any atom is -0.444 e. The standard InChI is InChI=1S/C25H30F2N6O2/c1-2-15-5-7-18(8-6-15)33-13-19(22(32-33)23(26)27)30-24(34)20-14-35-25(31-20)17-9-10-28-21(11-17)29-12-16-3-4-16/h9-11,13-16,18,23H,2-8,12H2,1H3,(H,28,29)(H,30,34). The van der Waals surface area contributed by atoms with Gasteiger partial charge in [0.15, 0.2) is 11.4 Å². The quantitative estimate of drug-likeness (QED) is 0.382. The van der Waals surface area contributed by atoms with E-state index in [0.29, 0.717) is 23.2 Å². The number of carbonyl (C=O) groups is 1. The molecule has 2 fully saturated rings. The third-order valence-corrected chi connectivity index (χ3v) is 7.00. The average Bonchev–Trinajstić information content (AvgIpc) is 3.39. The monoisotopic (exact) mass is 484 g/mol. The van der Waals surface area contributed by atoms with Gasteiger partial charge in [0, 0.05) is 24.5 Å². The van der Waals surface area contributed by atoms with E-state index in [2.05, 4.69) is 32.6 Å². The van der Waals surface area contributed by atoms with Crippen molar-refractivity contribution >= 4 is 17.4 Å². The minimum absolute atomic E-state index is 0.000669. The Balaban J connectivity index is 1.28. The van der Waals surface area contributed by atoms with Crippen LogP contribution in [0.2, 0.25) is 0 Å². The predicted octanol–water partition coefficient (Wildman–Crippen LogP) is 6.09. The van der Waals surface area contributed by atoms with Crippen LogP contribution in [0.4, 0.5) is 20.3 Å². The number of alkyl halides is 2. The second kappa shape index (κ2) is 10.1. The van der Waals surface area contributed by atoms with Gasteiger partial charge in [0.2, 0.25) is 5.89 Å². The number of halogens is 2. The van der Waals surface area contributed by atoms with E-state index in [4.69, 9.17) is 4.42 Å². The Morgan fingerprint density at radius 2 is 1.97 bits per heavy atom. The van der Waals surface area contributed by atoms with Gasteiger partial charge in [0.05, 0.1) is 11.7 Å². The van der Waals surface area contributed by atoms with Gasteiger partial charge >= 0.3 is 0 Å². The highest BCUT2D eigenvalue weighted by Crippen LogP contribution is 2.36. The number of aromatic nitrogens is 4. The molecular weight excluding hydrogens is 454 g/mol. The van der Waals surface area contributed by atoms with Crippen LogP contribution in [0.3, 0.4) is 0 Å². The lowest BCUT2D eigenvalue weighted by Gasteiger charge is -2.27. The Morgan fingerprint density at radius 3 is 2.69 bits per heavy atom. The molecule has 1 amide bonds. The molecule has 0 unspecified atom stereocenters. The first-order chi connectivity index (χ1) is 17.0. The van der Waals surface area contributed by atoms with E-state index in [-0.39, 0.29) is 23.3 Å². The lowest BCUT2D eigenvalue weighted by Crippen LogP contribution is -2.18. The summed E-state index contributed by atoms with van der Waals surface area (Å²) in [6, 6.07) is 3.61. The van der Waals surface area contributed by atoms with Crippen LogP contribution in [-0.4, -0.2) is 32.2 Å². The summed E-state index contributed by atoms with van der Waals surface area (Å²) in [6.07, 6.45) is 9.08. The fraction of sp³-hybridized carbons (Fsp3) is 0.520. The number of carbonyl (C=O) groups excluding carboxylic acids is 1. The van der Waals surface area contributed by atoms with Crippen LogP contribution in [-0.2, 0) is 0 Å². The topological polar surface area (TPSA) is 97.9 Å². The molecule has 10 heteroatoms. The zero-order chi connectivity index (χ0) is 24.4. The summed E-state index contributed by atoms with van der Waals surface area (Å²) in [7, 11) is 0. The Morgan fingerprint density at radius 1 is 1.20 bits per heavy atom. The second-order valence-electron chi connectivity index (χ2n) is 9.54. The molecule has 0 bridgehead atoms. The highest BCUT2D eigenvalue weighted by molar-refractivity contribution is 6.03. The molecule has 2 aliphatic carbocycles. The number of pyridine rings is 1. The Hall–Kier alpha value is -3.30. The maximum atomic E-state index is 13.7. The first-order valence-corrected chi connectivity index (χ1v) is 12.3. The van der Waals surface area contributed by atoms with E-state index in [1.165, 1.54) is 25.3 Å². The van der Waals surface area contributed by atoms with Crippen molar-refractivity contribution in [3.8, 4) is 11.5 Å². The molecule has 5 rings (SSSR count). The molecule has 2 N–H and O–H groups in total. The number of hydrogen-bond acceptors (Lipinski definition) is 6. The molecule has 0 spiro atoms. The number of rotatable bonds is 9. The van der Waals surface area contributed by atoms with Crippen molar-refractivity contribution in [2.24, 2.45) is 11.8 Å². The van der Waals surface area contributed by atoms with Crippen molar-refractivity contribution < 1.29 is 18.0 Å². The zero-order valence-electron chi connectivity index (χ0n) is 19.7. The van der Waals surface area contributed by atoms with E-state index in [1.807, 2.05) is 6.07 Å². The molecule has 3 aromatic rings. The van der Waals surface area contributed by atoms with Crippen molar-refractivity contribution in [3.63, 3.8) is 0 Å². The highest BCUT2D eigenvalue weighted by Gasteiger charge is 2.27. The molecule has 8 nitrogen and oxygen atoms in total. The fourth-order valence-electron chi connectivity index (χ4n) is 4.60. The smallest absolute Gasteiger partial charge is 0.284 e. The lowest BCUT2D eigenvalue weighted by molar-refractivity contribution is 0.102. The van der Waals surface area contributed by atoms with Crippen molar-refractivity contribution in [1.82, 2.24) is 19.7 Å². The second-order valence-corrected chi connectivity index (χ2v) is 9.54. The Labute approximate surface area is 202 Å². The SMILES string of the molecule is CCC1CCC(n2cc(NC(=O)c3coc(-c4ccnc(NCC5CC5)c4)n3)c(C(F)F)n2)CC1. The maximum absolute atomic E-state index is 13.7. The maximum Gasteiger partial charge on any atom is 0.284 e. The van der Waals surface area contributed by atoms with E-state index in [9.17, 15) is 13.6 Å². The van der Waals surface area contributed by atoms with Gasteiger partial charge in [0.25, 0.3) is 12.3 Å². The zero-order valence-corrected chi connectivity index (χ0v) is 19.7. The summed E-state index contributed by atoms with van der Waals surface area (Å²) in [6.45, 7) is 3.05. The molecule has 0 saturated heterocycles. The first-order valence-electron chi connectivity index (χ1n) is 12.3. The molecule has 0 aromatic carbocycles. The minimum atomic E-state index is -2.80. The number of nitrogens with one attached hydrogen (secondary N) is 2. The Kier molecular flexibility index (Phi) is 6.79. The van der Waals surface area contributed by atoms with Crippen molar-refractivity contribution in [2.75, 3.05) is 17.2 Å². The molecule has 2 saturated carbocycles. The summed E-state index contributed by atoms with van der Waals surface area (Å²) in [5.74, 6) is 1.72. The largest absolute Gasteiger partial charge is 0.444 e. The van der Waals surface area contributed by atoms with Crippen molar-refractivity contribution in [2.45, 2.75) is 64.3 Å². The molecule has 2 aliphatic rings. The van der Waals surface area contributed by atoms with Crippen LogP contribution < -0.4 is 10.6 Å². The number of oxazole rings is 1. The van der Waals surface area contributed by atoms with Gasteiger partial charge in [-0.05, 0) is 62.5 Å². The van der Waals surface area contributed by atoms with E-state index < -0.39 is 18.0 Å². The van der Waals surface area contributed by atoms with Gasteiger partial charge in [-0.1, -0.05) is 13.3 Å². The van der Waals surface area contributed by atoms with Crippen LogP contribution in [0.25, 0.3) is 11.5 Å². The van der Waals surface area contributed by atoms with Gasteiger partial charge in [-0.3, -0.25) is 9.48 Å². The number of amides is 1. The number of nitrogens with zero attached hydrogens (tertiary/aromatic N) is 4. The summed E-state index contributed by atoms with van der Waals surface area (Å²) in [5, 5.41) is 9.97. The van der Waals surface area contributed by atoms with Gasteiger partial charge in [-0.2, -0.15) is 5.10 Å². The van der Waals surface area contributed by atoms with E-state index >= 15 is 0 Å². The van der Waals surface area contributed by atoms with Gasteiger partial charge < -0.3 is 15.1 Å². The molecular formula is C25H30F2N6O2. The normalized spacial score (nSPS) is 20.2. The van der Waals surface area contributed by atoms with Crippen LogP contribution in [0.1, 0.15) is 80.5 Å². The summed E-state index contributed by atoms with van der Waals surface area (Å²) in [4.78, 5) is 21.4. The molecule has 0 aliphatic heterocycles. The third-order valence-electron chi connectivity index (χ3n) is 7.00. The van der Waals surface area contributed by atoms with Gasteiger partial charge in [-0.25, -0.2) is 18.7 Å². The first kappa shape index (κ1) is 23.4. The molecule has 0 atom stereocenters.